The average Bonchev–Trinajstić information content (AvgIpc) is 3.74. The Bertz CT molecular complexity index is 2850. The quantitative estimate of drug-likeness (QED) is 0.119. The van der Waals surface area contributed by atoms with Crippen LogP contribution in [-0.2, 0) is 37.2 Å². The molecule has 3 aromatic carbocycles. The van der Waals surface area contributed by atoms with Crippen molar-refractivity contribution in [2.24, 2.45) is 17.3 Å². The van der Waals surface area contributed by atoms with E-state index in [0.29, 0.717) is 50.7 Å². The number of allylic oxidation sites excluding steroid dienone is 1. The van der Waals surface area contributed by atoms with Crippen LogP contribution in [-0.4, -0.2) is 52.7 Å². The first-order valence-corrected chi connectivity index (χ1v) is 20.2. The van der Waals surface area contributed by atoms with Crippen molar-refractivity contribution in [3.05, 3.63) is 137 Å². The number of para-hydroxylation sites is 2. The van der Waals surface area contributed by atoms with Crippen molar-refractivity contribution in [1.29, 1.82) is 0 Å². The van der Waals surface area contributed by atoms with Crippen molar-refractivity contribution in [2.45, 2.75) is 60.0 Å². The third kappa shape index (κ3) is 7.97. The Balaban J connectivity index is 0.000000327. The minimum atomic E-state index is -1.16. The summed E-state index contributed by atoms with van der Waals surface area (Å²) in [6.45, 7) is 10.0. The SMILES string of the molecule is CCn1c2c(c(=O)n(CC)c1=S)N=NC1=C(C)N(C)N(c3ccccc3)[C@H]1C(Oc1c(N)c(C)nn1-c1cc(Cl)ccc1Cl)O2.Cc1c(N)c(=O)n(-c2ccccc2)n1C.[Cu]. The van der Waals surface area contributed by atoms with Crippen LogP contribution in [0.2, 0.25) is 10.0 Å². The number of nitrogens with zero attached hydrogens (tertiary/aromatic N) is 10. The first-order chi connectivity index (χ1) is 28.7. The van der Waals surface area contributed by atoms with Gasteiger partial charge in [-0.15, -0.1) is 5.11 Å². The second-order valence-electron chi connectivity index (χ2n) is 13.9. The minimum Gasteiger partial charge on any atom is -0.434 e. The molecule has 0 amide bonds. The van der Waals surface area contributed by atoms with E-state index in [9.17, 15) is 9.59 Å². The molecule has 6 aromatic rings. The van der Waals surface area contributed by atoms with Gasteiger partial charge in [-0.3, -0.25) is 33.4 Å². The van der Waals surface area contributed by atoms with Gasteiger partial charge in [0, 0.05) is 49.3 Å². The largest absolute Gasteiger partial charge is 0.434 e. The van der Waals surface area contributed by atoms with E-state index < -0.39 is 17.9 Å². The molecule has 0 aliphatic carbocycles. The molecule has 1 radical (unpaired) electrons. The summed E-state index contributed by atoms with van der Waals surface area (Å²) in [5, 5.41) is 18.5. The topological polar surface area (TPSA) is 173 Å². The smallest absolute Gasteiger partial charge is 0.294 e. The van der Waals surface area contributed by atoms with E-state index in [2.05, 4.69) is 15.3 Å². The number of halogens is 2. The fraction of sp³-hybridized carbons (Fsp3) is 0.268. The van der Waals surface area contributed by atoms with Crippen LogP contribution in [0, 0.1) is 18.6 Å². The van der Waals surface area contributed by atoms with Gasteiger partial charge < -0.3 is 20.9 Å². The summed E-state index contributed by atoms with van der Waals surface area (Å²) >= 11 is 18.7. The third-order valence-electron chi connectivity index (χ3n) is 10.5. The molecule has 0 saturated heterocycles. The van der Waals surface area contributed by atoms with Gasteiger partial charge in [0.15, 0.2) is 10.8 Å². The van der Waals surface area contributed by atoms with Gasteiger partial charge in [-0.1, -0.05) is 59.6 Å². The maximum atomic E-state index is 13.7. The van der Waals surface area contributed by atoms with Crippen LogP contribution < -0.4 is 37.1 Å². The summed E-state index contributed by atoms with van der Waals surface area (Å²) in [5.41, 5.74) is 17.0. The summed E-state index contributed by atoms with van der Waals surface area (Å²) in [6, 6.07) is 23.5. The number of hydrogen-bond donors (Lipinski definition) is 2. The van der Waals surface area contributed by atoms with Gasteiger partial charge in [-0.25, -0.2) is 4.68 Å². The number of aromatic nitrogens is 6. The number of azo groups is 1. The van der Waals surface area contributed by atoms with E-state index in [1.165, 1.54) is 9.25 Å². The predicted octanol–water partition coefficient (Wildman–Crippen LogP) is 7.71. The van der Waals surface area contributed by atoms with Crippen molar-refractivity contribution in [3.8, 4) is 23.1 Å². The Morgan fingerprint density at radius 2 is 1.46 bits per heavy atom. The van der Waals surface area contributed by atoms with Crippen LogP contribution in [0.15, 0.2) is 110 Å². The molecule has 0 saturated carbocycles. The number of rotatable bonds is 7. The van der Waals surface area contributed by atoms with Crippen LogP contribution in [0.3, 0.4) is 0 Å². The third-order valence-corrected chi connectivity index (χ3v) is 11.5. The molecule has 323 valence electrons. The fourth-order valence-corrected chi connectivity index (χ4v) is 7.86. The molecule has 5 heterocycles. The van der Waals surface area contributed by atoms with E-state index in [0.717, 1.165) is 22.8 Å². The van der Waals surface area contributed by atoms with Gasteiger partial charge >= 0.3 is 0 Å². The molecule has 20 heteroatoms. The van der Waals surface area contributed by atoms with Crippen LogP contribution >= 0.6 is 35.4 Å². The molecule has 3 aromatic heterocycles. The summed E-state index contributed by atoms with van der Waals surface area (Å²) in [4.78, 5) is 25.5. The molecule has 0 fully saturated rings. The zero-order valence-electron chi connectivity index (χ0n) is 34.3. The van der Waals surface area contributed by atoms with E-state index in [1.54, 1.807) is 39.1 Å². The number of benzene rings is 3. The summed E-state index contributed by atoms with van der Waals surface area (Å²) < 4.78 is 21.8. The number of hydrazine groups is 1. The van der Waals surface area contributed by atoms with Crippen molar-refractivity contribution >= 4 is 58.2 Å². The number of anilines is 3. The van der Waals surface area contributed by atoms with Crippen LogP contribution in [0.5, 0.6) is 11.8 Å². The second kappa shape index (κ2) is 18.1. The minimum absolute atomic E-state index is 0. The first-order valence-electron chi connectivity index (χ1n) is 19.0. The summed E-state index contributed by atoms with van der Waals surface area (Å²) in [6.07, 6.45) is -1.16. The molecule has 16 nitrogen and oxygen atoms in total. The van der Waals surface area contributed by atoms with Crippen molar-refractivity contribution in [1.82, 2.24) is 33.3 Å². The van der Waals surface area contributed by atoms with Crippen molar-refractivity contribution in [3.63, 3.8) is 0 Å². The number of nitrogen functional groups attached to an aromatic ring is 2. The zero-order valence-corrected chi connectivity index (χ0v) is 37.6. The van der Waals surface area contributed by atoms with Crippen molar-refractivity contribution < 1.29 is 26.5 Å². The number of fused-ring (bicyclic) bond motifs is 2. The molecular formula is C41H44Cl2CuN12O4S. The van der Waals surface area contributed by atoms with Gasteiger partial charge in [0.25, 0.3) is 17.4 Å². The fourth-order valence-electron chi connectivity index (χ4n) is 7.07. The van der Waals surface area contributed by atoms with Gasteiger partial charge in [0.2, 0.25) is 17.4 Å². The van der Waals surface area contributed by atoms with E-state index in [1.807, 2.05) is 112 Å². The Morgan fingerprint density at radius 1 is 0.836 bits per heavy atom. The van der Waals surface area contributed by atoms with Crippen LogP contribution in [0.1, 0.15) is 32.2 Å². The number of hydrogen-bond acceptors (Lipinski definition) is 12. The molecule has 61 heavy (non-hydrogen) atoms. The number of ether oxygens (including phenoxy) is 2. The van der Waals surface area contributed by atoms with Crippen LogP contribution in [0.25, 0.3) is 11.4 Å². The Kier molecular flexibility index (Phi) is 13.3. The van der Waals surface area contributed by atoms with E-state index >= 15 is 0 Å². The summed E-state index contributed by atoms with van der Waals surface area (Å²) in [5.74, 6) is 0.302. The normalized spacial score (nSPS) is 15.6. The molecule has 4 N–H and O–H groups in total. The van der Waals surface area contributed by atoms with E-state index in [-0.39, 0.29) is 45.8 Å². The molecule has 2 atom stereocenters. The van der Waals surface area contributed by atoms with Gasteiger partial charge in [0.1, 0.15) is 17.1 Å². The Labute approximate surface area is 377 Å². The van der Waals surface area contributed by atoms with Crippen molar-refractivity contribution in [2.75, 3.05) is 23.5 Å². The molecule has 8 rings (SSSR count). The average molecular weight is 935 g/mol. The monoisotopic (exact) mass is 933 g/mol. The predicted molar refractivity (Wildman–Crippen MR) is 236 cm³/mol. The summed E-state index contributed by atoms with van der Waals surface area (Å²) in [7, 11) is 3.73. The number of nitrogens with two attached hydrogens (primary N) is 2. The maximum absolute atomic E-state index is 13.7. The second-order valence-corrected chi connectivity index (χ2v) is 15.1. The molecular weight excluding hydrogens is 891 g/mol. The number of aryl methyl sites for hydroxylation is 1. The molecule has 1 unspecified atom stereocenters. The molecule has 0 bridgehead atoms. The van der Waals surface area contributed by atoms with Crippen LogP contribution in [0.4, 0.5) is 22.7 Å². The van der Waals surface area contributed by atoms with E-state index in [4.69, 9.17) is 56.4 Å². The molecule has 0 spiro atoms. The zero-order chi connectivity index (χ0) is 43.2. The molecule has 2 aliphatic rings. The Hall–Kier alpha value is -5.78. The van der Waals surface area contributed by atoms with Gasteiger partial charge in [0.05, 0.1) is 39.2 Å². The first kappa shape index (κ1) is 44.8. The Morgan fingerprint density at radius 3 is 2.05 bits per heavy atom. The van der Waals surface area contributed by atoms with Gasteiger partial charge in [-0.2, -0.15) is 14.9 Å². The molecule has 2 aliphatic heterocycles. The standard InChI is InChI=1S/C30H31Cl2N9O3S.C11H13N3O.Cu/c1-6-38-26(42)24-28(39(7-2)30(38)45)44-29(25-23(34-35-24)17(4)37(5)41(25)19-11-9-8-10-12-19)43-27-22(33)16(3)36-40(27)21-15-18(31)13-14-20(21)32;1-8-10(12)11(15)14(13(8)2)9-6-4-3-5-7-9;/h8-15,25,29H,6-7,33H2,1-5H3;3-7H,12H2,1-2H3;/t25-,29?;;/m1../s1. The maximum Gasteiger partial charge on any atom is 0.294 e. The van der Waals surface area contributed by atoms with Gasteiger partial charge in [-0.05, 0) is 89.3 Å².